The summed E-state index contributed by atoms with van der Waals surface area (Å²) in [7, 11) is 3.83. The van der Waals surface area contributed by atoms with E-state index in [-0.39, 0.29) is 24.0 Å². The number of aryl methyl sites for hydroxylation is 1. The maximum absolute atomic E-state index is 5.34. The molecule has 0 aliphatic carbocycles. The Morgan fingerprint density at radius 1 is 1.00 bits per heavy atom. The van der Waals surface area contributed by atoms with E-state index in [1.807, 2.05) is 6.07 Å². The van der Waals surface area contributed by atoms with Gasteiger partial charge >= 0.3 is 0 Å². The zero-order valence-corrected chi connectivity index (χ0v) is 18.8. The summed E-state index contributed by atoms with van der Waals surface area (Å²) >= 11 is 1.79. The number of ether oxygens (including phenoxy) is 1. The molecular formula is C22H25IN2OS. The van der Waals surface area contributed by atoms with Gasteiger partial charge in [-0.15, -0.1) is 0 Å². The number of piperidine rings is 1. The highest BCUT2D eigenvalue weighted by Crippen LogP contribution is 2.26. The number of methoxy groups -OCH3 is 1. The van der Waals surface area contributed by atoms with Gasteiger partial charge in [-0.3, -0.25) is 0 Å². The van der Waals surface area contributed by atoms with E-state index in [1.165, 1.54) is 58.8 Å². The summed E-state index contributed by atoms with van der Waals surface area (Å²) < 4.78 is 8.81. The molecule has 2 aromatic carbocycles. The van der Waals surface area contributed by atoms with Gasteiger partial charge in [0.25, 0.3) is 5.01 Å². The first-order valence-electron chi connectivity index (χ1n) is 9.24. The van der Waals surface area contributed by atoms with E-state index in [1.54, 1.807) is 18.4 Å². The fourth-order valence-corrected chi connectivity index (χ4v) is 4.62. The van der Waals surface area contributed by atoms with Crippen LogP contribution in [0.3, 0.4) is 0 Å². The Morgan fingerprint density at radius 2 is 1.74 bits per heavy atom. The number of nitrogens with zero attached hydrogens (tertiary/aromatic N) is 2. The third-order valence-corrected chi connectivity index (χ3v) is 6.27. The van der Waals surface area contributed by atoms with Crippen molar-refractivity contribution in [2.45, 2.75) is 19.3 Å². The van der Waals surface area contributed by atoms with Gasteiger partial charge in [-0.2, -0.15) is 4.57 Å². The molecular weight excluding hydrogens is 467 g/mol. The van der Waals surface area contributed by atoms with Crippen LogP contribution in [0, 0.1) is 0 Å². The fourth-order valence-electron chi connectivity index (χ4n) is 3.54. The second-order valence-corrected chi connectivity index (χ2v) is 7.87. The lowest BCUT2D eigenvalue weighted by Crippen LogP contribution is -3.00. The molecule has 3 aromatic rings. The van der Waals surface area contributed by atoms with E-state index in [4.69, 9.17) is 4.74 Å². The van der Waals surface area contributed by atoms with Crippen LogP contribution >= 0.6 is 11.3 Å². The Hall–Kier alpha value is -1.60. The van der Waals surface area contributed by atoms with E-state index in [0.29, 0.717) is 0 Å². The molecule has 0 atom stereocenters. The number of rotatable bonds is 4. The molecule has 0 N–H and O–H groups in total. The molecule has 1 aliphatic rings. The number of hydrogen-bond donors (Lipinski definition) is 0. The minimum absolute atomic E-state index is 0. The highest BCUT2D eigenvalue weighted by Gasteiger charge is 2.15. The molecule has 142 valence electrons. The van der Waals surface area contributed by atoms with Crippen molar-refractivity contribution in [2.75, 3.05) is 25.1 Å². The maximum atomic E-state index is 5.34. The number of aromatic nitrogens is 1. The Labute approximate surface area is 182 Å². The maximum Gasteiger partial charge on any atom is 0.262 e. The summed E-state index contributed by atoms with van der Waals surface area (Å²) in [5.74, 6) is 0.906. The largest absolute Gasteiger partial charge is 1.00 e. The second kappa shape index (κ2) is 9.06. The lowest BCUT2D eigenvalue weighted by atomic mass is 10.1. The van der Waals surface area contributed by atoms with Crippen molar-refractivity contribution in [1.29, 1.82) is 0 Å². The molecule has 4 rings (SSSR count). The minimum atomic E-state index is 0. The van der Waals surface area contributed by atoms with Gasteiger partial charge in [-0.25, -0.2) is 0 Å². The summed E-state index contributed by atoms with van der Waals surface area (Å²) in [5, 5.41) is 1.23. The van der Waals surface area contributed by atoms with Crippen LogP contribution in [0.2, 0.25) is 0 Å². The smallest absolute Gasteiger partial charge is 0.262 e. The van der Waals surface area contributed by atoms with Gasteiger partial charge in [-0.05, 0) is 49.1 Å². The van der Waals surface area contributed by atoms with Gasteiger partial charge < -0.3 is 33.6 Å². The molecule has 0 saturated carbocycles. The highest BCUT2D eigenvalue weighted by atomic mass is 127. The molecule has 1 fully saturated rings. The van der Waals surface area contributed by atoms with Gasteiger partial charge in [-0.1, -0.05) is 23.5 Å². The molecule has 1 aromatic heterocycles. The predicted octanol–water partition coefficient (Wildman–Crippen LogP) is 1.90. The van der Waals surface area contributed by atoms with E-state index in [0.717, 1.165) is 5.75 Å². The van der Waals surface area contributed by atoms with Crippen LogP contribution < -0.4 is 38.2 Å². The molecule has 0 bridgehead atoms. The average molecular weight is 492 g/mol. The summed E-state index contributed by atoms with van der Waals surface area (Å²) in [6.45, 7) is 2.38. The predicted molar refractivity (Wildman–Crippen MR) is 111 cm³/mol. The summed E-state index contributed by atoms with van der Waals surface area (Å²) in [4.78, 5) is 2.50. The number of fused-ring (bicyclic) bond motifs is 1. The van der Waals surface area contributed by atoms with Crippen LogP contribution in [0.15, 0.2) is 42.5 Å². The first-order chi connectivity index (χ1) is 12.7. The molecule has 0 spiro atoms. The zero-order chi connectivity index (χ0) is 17.9. The van der Waals surface area contributed by atoms with Gasteiger partial charge in [0.05, 0.1) is 7.11 Å². The van der Waals surface area contributed by atoms with E-state index < -0.39 is 0 Å². The van der Waals surface area contributed by atoms with Crippen LogP contribution in [-0.4, -0.2) is 20.2 Å². The molecule has 0 unspecified atom stereocenters. The van der Waals surface area contributed by atoms with Crippen molar-refractivity contribution in [3.8, 4) is 5.75 Å². The third kappa shape index (κ3) is 4.46. The molecule has 2 heterocycles. The van der Waals surface area contributed by atoms with Gasteiger partial charge in [0, 0.05) is 37.0 Å². The lowest BCUT2D eigenvalue weighted by Gasteiger charge is -2.28. The number of benzene rings is 2. The Bertz CT molecular complexity index is 927. The van der Waals surface area contributed by atoms with Crippen molar-refractivity contribution >= 4 is 39.4 Å². The third-order valence-electron chi connectivity index (χ3n) is 5.11. The first-order valence-corrected chi connectivity index (χ1v) is 10.1. The number of halogens is 1. The molecule has 0 radical (unpaired) electrons. The number of hydrogen-bond acceptors (Lipinski definition) is 3. The Balaban J connectivity index is 0.00000210. The van der Waals surface area contributed by atoms with Crippen molar-refractivity contribution in [2.24, 2.45) is 7.05 Å². The normalized spacial score (nSPS) is 14.5. The van der Waals surface area contributed by atoms with Crippen LogP contribution in [0.5, 0.6) is 5.75 Å². The zero-order valence-electron chi connectivity index (χ0n) is 15.8. The van der Waals surface area contributed by atoms with E-state index in [2.05, 4.69) is 65.1 Å². The lowest BCUT2D eigenvalue weighted by molar-refractivity contribution is -0.642. The van der Waals surface area contributed by atoms with Crippen LogP contribution in [0.25, 0.3) is 22.4 Å². The van der Waals surface area contributed by atoms with Gasteiger partial charge in [0.1, 0.15) is 17.5 Å². The number of anilines is 1. The SMILES string of the molecule is COc1ccc2c(c1)sc(C=Cc1ccc(N3CCCCC3)cc1)[n+]2C.[I-]. The van der Waals surface area contributed by atoms with Crippen molar-refractivity contribution in [3.63, 3.8) is 0 Å². The summed E-state index contributed by atoms with van der Waals surface area (Å²) in [6, 6.07) is 15.2. The monoisotopic (exact) mass is 492 g/mol. The molecule has 27 heavy (non-hydrogen) atoms. The van der Waals surface area contributed by atoms with Gasteiger partial charge in [0.15, 0.2) is 0 Å². The second-order valence-electron chi connectivity index (χ2n) is 6.81. The van der Waals surface area contributed by atoms with E-state index >= 15 is 0 Å². The number of thiazole rings is 1. The topological polar surface area (TPSA) is 16.4 Å². The molecule has 1 saturated heterocycles. The van der Waals surface area contributed by atoms with Gasteiger partial charge in [0.2, 0.25) is 5.52 Å². The standard InChI is InChI=1S/C22H25N2OS.HI/c1-23-20-12-11-19(25-2)16-21(20)26-22(23)13-8-17-6-9-18(10-7-17)24-14-4-3-5-15-24;/h6-13,16H,3-5,14-15H2,1-2H3;1H/q+1;/p-1. The van der Waals surface area contributed by atoms with Crippen molar-refractivity contribution < 1.29 is 33.3 Å². The quantitative estimate of drug-likeness (QED) is 0.409. The van der Waals surface area contributed by atoms with Crippen molar-refractivity contribution in [3.05, 3.63) is 53.0 Å². The first kappa shape index (κ1) is 20.1. The van der Waals surface area contributed by atoms with Crippen LogP contribution in [0.1, 0.15) is 29.8 Å². The van der Waals surface area contributed by atoms with Crippen LogP contribution in [0.4, 0.5) is 5.69 Å². The Morgan fingerprint density at radius 3 is 2.44 bits per heavy atom. The summed E-state index contributed by atoms with van der Waals surface area (Å²) in [5.41, 5.74) is 3.82. The van der Waals surface area contributed by atoms with Crippen LogP contribution in [-0.2, 0) is 7.05 Å². The molecule has 0 amide bonds. The van der Waals surface area contributed by atoms with Crippen molar-refractivity contribution in [1.82, 2.24) is 0 Å². The minimum Gasteiger partial charge on any atom is -1.00 e. The Kier molecular flexibility index (Phi) is 6.76. The molecule has 5 heteroatoms. The molecule has 1 aliphatic heterocycles. The fraction of sp³-hybridized carbons (Fsp3) is 0.318. The van der Waals surface area contributed by atoms with E-state index in [9.17, 15) is 0 Å². The highest BCUT2D eigenvalue weighted by molar-refractivity contribution is 7.18. The molecule has 3 nitrogen and oxygen atoms in total. The summed E-state index contributed by atoms with van der Waals surface area (Å²) in [6.07, 6.45) is 8.40. The average Bonchev–Trinajstić information content (AvgIpc) is 3.02.